The number of carbonyl (C=O) groups is 3. The van der Waals surface area contributed by atoms with Crippen LogP contribution in [0, 0.1) is 0 Å². The normalized spacial score (nSPS) is 13.8. The second-order valence-electron chi connectivity index (χ2n) is 9.69. The number of piperazine rings is 1. The number of fused-ring (bicyclic) bond motifs is 3. The van der Waals surface area contributed by atoms with Crippen LogP contribution in [0.15, 0.2) is 53.6 Å². The summed E-state index contributed by atoms with van der Waals surface area (Å²) in [5.41, 5.74) is 1.61. The van der Waals surface area contributed by atoms with Gasteiger partial charge in [0.05, 0.1) is 10.2 Å². The molecule has 1 amide bonds. The molecule has 4 aromatic rings. The van der Waals surface area contributed by atoms with Crippen LogP contribution in [-0.2, 0) is 23.2 Å². The number of ether oxygens (including phenoxy) is 1. The molecule has 1 aliphatic heterocycles. The third-order valence-electron chi connectivity index (χ3n) is 6.50. The van der Waals surface area contributed by atoms with Gasteiger partial charge in [0.1, 0.15) is 16.9 Å². The van der Waals surface area contributed by atoms with Crippen LogP contribution in [0.4, 0.5) is 26.3 Å². The Kier molecular flexibility index (Phi) is 11.3. The maximum absolute atomic E-state index is 13.6. The predicted octanol–water partition coefficient (Wildman–Crippen LogP) is 4.38. The number of benzene rings is 1. The molecular weight excluding hydrogens is 650 g/mol. The number of carboxylic acid groups (broad SMARTS) is 2. The molecule has 0 radical (unpaired) electrons. The molecule has 4 heterocycles. The number of amides is 1. The minimum absolute atomic E-state index is 0.0739. The van der Waals surface area contributed by atoms with E-state index in [0.29, 0.717) is 29.1 Å². The number of likely N-dealkylation sites (N-methyl/N-ethyl adjacent to an activating group) is 1. The first-order valence-corrected chi connectivity index (χ1v) is 13.9. The Hall–Kier alpha value is -4.71. The van der Waals surface area contributed by atoms with E-state index in [0.717, 1.165) is 34.3 Å². The van der Waals surface area contributed by atoms with Gasteiger partial charge in [0, 0.05) is 51.0 Å². The van der Waals surface area contributed by atoms with E-state index >= 15 is 0 Å². The van der Waals surface area contributed by atoms with Crippen molar-refractivity contribution in [1.82, 2.24) is 19.4 Å². The lowest BCUT2D eigenvalue weighted by Gasteiger charge is -2.32. The summed E-state index contributed by atoms with van der Waals surface area (Å²) in [6, 6.07) is 11.5. The van der Waals surface area contributed by atoms with Gasteiger partial charge in [-0.1, -0.05) is 18.2 Å². The van der Waals surface area contributed by atoms with Crippen LogP contribution < -0.4 is 10.3 Å². The number of hydrogen-bond donors (Lipinski definition) is 2. The Morgan fingerprint density at radius 3 is 1.93 bits per heavy atom. The lowest BCUT2D eigenvalue weighted by atomic mass is 10.1. The van der Waals surface area contributed by atoms with E-state index in [-0.39, 0.29) is 18.1 Å². The highest BCUT2D eigenvalue weighted by atomic mass is 32.1. The number of hydrogen-bond acceptors (Lipinski definition) is 8. The molecule has 1 saturated heterocycles. The quantitative estimate of drug-likeness (QED) is 0.301. The van der Waals surface area contributed by atoms with Crippen LogP contribution in [-0.4, -0.2) is 93.0 Å². The largest absolute Gasteiger partial charge is 0.490 e. The number of para-hydroxylation sites is 1. The zero-order chi connectivity index (χ0) is 34.4. The number of carbonyl (C=O) groups excluding carboxylic acids is 1. The highest BCUT2D eigenvalue weighted by Crippen LogP contribution is 2.40. The van der Waals surface area contributed by atoms with E-state index in [4.69, 9.17) is 24.5 Å². The van der Waals surface area contributed by atoms with Crippen molar-refractivity contribution < 1.29 is 55.7 Å². The Labute approximate surface area is 259 Å². The van der Waals surface area contributed by atoms with Crippen molar-refractivity contribution >= 4 is 50.2 Å². The van der Waals surface area contributed by atoms with Crippen molar-refractivity contribution in [3.05, 3.63) is 69.6 Å². The molecular formula is C28H26F6N4O7S. The molecule has 5 rings (SSSR count). The third-order valence-corrected chi connectivity index (χ3v) is 7.69. The molecule has 1 fully saturated rings. The number of nitrogens with zero attached hydrogens (tertiary/aromatic N) is 4. The Balaban J connectivity index is 0.000000345. The molecule has 46 heavy (non-hydrogen) atoms. The smallest absolute Gasteiger partial charge is 0.486 e. The van der Waals surface area contributed by atoms with Crippen LogP contribution in [0.3, 0.4) is 0 Å². The Bertz CT molecular complexity index is 1740. The van der Waals surface area contributed by atoms with Gasteiger partial charge in [-0.05, 0) is 30.8 Å². The number of aromatic nitrogens is 2. The molecule has 0 spiro atoms. The fraction of sp³-hybridized carbons (Fsp3) is 0.321. The molecule has 248 valence electrons. The molecule has 0 unspecified atom stereocenters. The van der Waals surface area contributed by atoms with Crippen LogP contribution in [0.1, 0.15) is 15.2 Å². The summed E-state index contributed by atoms with van der Waals surface area (Å²) in [5, 5.41) is 15.7. The number of rotatable bonds is 4. The van der Waals surface area contributed by atoms with E-state index in [2.05, 4.69) is 16.9 Å². The van der Waals surface area contributed by atoms with Crippen molar-refractivity contribution in [3.8, 4) is 5.75 Å². The zero-order valence-electron chi connectivity index (χ0n) is 24.1. The number of alkyl halides is 6. The first kappa shape index (κ1) is 35.8. The summed E-state index contributed by atoms with van der Waals surface area (Å²) >= 11 is 1.36. The first-order chi connectivity index (χ1) is 21.4. The minimum atomic E-state index is -5.08. The molecule has 0 saturated carbocycles. The number of thiophene rings is 1. The first-order valence-electron chi connectivity index (χ1n) is 13.1. The van der Waals surface area contributed by atoms with Gasteiger partial charge in [-0.25, -0.2) is 9.59 Å². The van der Waals surface area contributed by atoms with E-state index in [9.17, 15) is 35.9 Å². The highest BCUT2D eigenvalue weighted by molar-refractivity contribution is 7.22. The SMILES string of the molecule is CN1CCN(C(=O)c2sc3c(c2OCc2ccncc2)c(=O)n(C)c2ccccc32)CC1.O=C(O)C(F)(F)F.O=C(O)C(F)(F)F. The summed E-state index contributed by atoms with van der Waals surface area (Å²) in [6.07, 6.45) is -6.76. The van der Waals surface area contributed by atoms with Crippen LogP contribution in [0.5, 0.6) is 5.75 Å². The lowest BCUT2D eigenvalue weighted by Crippen LogP contribution is -2.47. The average Bonchev–Trinajstić information content (AvgIpc) is 3.39. The molecule has 0 aliphatic carbocycles. The summed E-state index contributed by atoms with van der Waals surface area (Å²) in [4.78, 5) is 53.3. The van der Waals surface area contributed by atoms with Crippen molar-refractivity contribution in [3.63, 3.8) is 0 Å². The lowest BCUT2D eigenvalue weighted by molar-refractivity contribution is -0.193. The molecule has 3 aromatic heterocycles. The van der Waals surface area contributed by atoms with E-state index < -0.39 is 24.3 Å². The van der Waals surface area contributed by atoms with E-state index in [1.165, 1.54) is 11.3 Å². The number of halogens is 6. The molecule has 1 aliphatic rings. The number of carboxylic acids is 2. The number of aliphatic carboxylic acids is 2. The molecule has 0 atom stereocenters. The van der Waals surface area contributed by atoms with Crippen molar-refractivity contribution in [2.45, 2.75) is 19.0 Å². The Morgan fingerprint density at radius 1 is 0.891 bits per heavy atom. The highest BCUT2D eigenvalue weighted by Gasteiger charge is 2.39. The molecule has 18 heteroatoms. The molecule has 11 nitrogen and oxygen atoms in total. The van der Waals surface area contributed by atoms with Crippen LogP contribution in [0.25, 0.3) is 21.0 Å². The number of pyridine rings is 2. The average molecular weight is 677 g/mol. The summed E-state index contributed by atoms with van der Waals surface area (Å²) in [6.45, 7) is 3.23. The maximum atomic E-state index is 13.6. The summed E-state index contributed by atoms with van der Waals surface area (Å²) in [7, 11) is 3.82. The molecule has 2 N–H and O–H groups in total. The van der Waals surface area contributed by atoms with E-state index in [1.54, 1.807) is 24.0 Å². The van der Waals surface area contributed by atoms with Crippen molar-refractivity contribution in [2.24, 2.45) is 7.05 Å². The Morgan fingerprint density at radius 2 is 1.41 bits per heavy atom. The summed E-state index contributed by atoms with van der Waals surface area (Å²) in [5.74, 6) is -5.20. The fourth-order valence-electron chi connectivity index (χ4n) is 4.10. The molecule has 0 bridgehead atoms. The van der Waals surface area contributed by atoms with Crippen LogP contribution >= 0.6 is 11.3 Å². The standard InChI is InChI=1S/C24H24N4O3S.2C2HF3O2/c1-26-11-13-28(14-12-26)24(30)22-20(31-15-16-7-9-25-10-8-16)19-21(32-22)17-5-3-4-6-18(17)27(2)23(19)29;2*3-2(4,5)1(6)7/h3-10H,11-15H2,1-2H3;2*(H,6,7). The topological polar surface area (TPSA) is 142 Å². The van der Waals surface area contributed by atoms with Crippen LogP contribution in [0.2, 0.25) is 0 Å². The van der Waals surface area contributed by atoms with E-state index in [1.807, 2.05) is 41.3 Å². The van der Waals surface area contributed by atoms with Gasteiger partial charge < -0.3 is 29.3 Å². The van der Waals surface area contributed by atoms with Gasteiger partial charge in [0.2, 0.25) is 0 Å². The third kappa shape index (κ3) is 8.72. The fourth-order valence-corrected chi connectivity index (χ4v) is 5.34. The van der Waals surface area contributed by atoms with Gasteiger partial charge >= 0.3 is 24.3 Å². The minimum Gasteiger partial charge on any atom is -0.486 e. The van der Waals surface area contributed by atoms with Gasteiger partial charge in [-0.3, -0.25) is 14.6 Å². The number of aryl methyl sites for hydroxylation is 1. The van der Waals surface area contributed by atoms with Gasteiger partial charge in [0.25, 0.3) is 11.5 Å². The maximum Gasteiger partial charge on any atom is 0.490 e. The zero-order valence-corrected chi connectivity index (χ0v) is 24.9. The monoisotopic (exact) mass is 676 g/mol. The molecule has 1 aromatic carbocycles. The second kappa shape index (κ2) is 14.6. The van der Waals surface area contributed by atoms with Crippen molar-refractivity contribution in [2.75, 3.05) is 33.2 Å². The summed E-state index contributed by atoms with van der Waals surface area (Å²) < 4.78 is 72.1. The second-order valence-corrected chi connectivity index (χ2v) is 10.7. The predicted molar refractivity (Wildman–Crippen MR) is 154 cm³/mol. The van der Waals surface area contributed by atoms with Gasteiger partial charge in [-0.2, -0.15) is 26.3 Å². The van der Waals surface area contributed by atoms with Gasteiger partial charge in [0.15, 0.2) is 5.75 Å². The van der Waals surface area contributed by atoms with Gasteiger partial charge in [-0.15, -0.1) is 11.3 Å². The van der Waals surface area contributed by atoms with Crippen molar-refractivity contribution in [1.29, 1.82) is 0 Å².